The summed E-state index contributed by atoms with van der Waals surface area (Å²) in [5, 5.41) is 0. The molecule has 4 aromatic rings. The average Bonchev–Trinajstić information content (AvgIpc) is 2.91. The van der Waals surface area contributed by atoms with Crippen molar-refractivity contribution in [2.75, 3.05) is 0 Å². The van der Waals surface area contributed by atoms with Crippen LogP contribution in [0.3, 0.4) is 0 Å². The maximum Gasteiger partial charge on any atom is 4.00 e. The molecule has 0 N–H and O–H groups in total. The Hall–Kier alpha value is -3.28. The van der Waals surface area contributed by atoms with E-state index in [1.807, 2.05) is 177 Å². The van der Waals surface area contributed by atoms with E-state index in [0.29, 0.717) is 0 Å². The Bertz CT molecular complexity index is 1080. The summed E-state index contributed by atoms with van der Waals surface area (Å²) in [5.74, 6) is 0. The van der Waals surface area contributed by atoms with Crippen LogP contribution in [0.2, 0.25) is 0 Å². The van der Waals surface area contributed by atoms with Crippen LogP contribution in [0.25, 0.3) is 0 Å². The van der Waals surface area contributed by atoms with Crippen molar-refractivity contribution in [1.29, 1.82) is 0 Å². The van der Waals surface area contributed by atoms with Gasteiger partial charge >= 0.3 is 26.2 Å². The SMILES string of the molecule is CC(C)=[C-]c1ccccc1.CC(C)=[C-]c1ccccc1.CC(C)=[C-]c1ccccc1.CC(C)=[C-]c1ccccc1.[Zr+4]. The van der Waals surface area contributed by atoms with E-state index in [1.54, 1.807) is 0 Å². The third-order valence-corrected chi connectivity index (χ3v) is 4.67. The van der Waals surface area contributed by atoms with E-state index in [0.717, 1.165) is 22.3 Å². The van der Waals surface area contributed by atoms with Crippen molar-refractivity contribution in [3.05, 3.63) is 190 Å². The van der Waals surface area contributed by atoms with Crippen molar-refractivity contribution in [3.63, 3.8) is 0 Å². The van der Waals surface area contributed by atoms with Gasteiger partial charge in [-0.05, 0) is 0 Å². The third kappa shape index (κ3) is 22.1. The summed E-state index contributed by atoms with van der Waals surface area (Å²) in [7, 11) is 0. The molecule has 0 saturated heterocycles. The van der Waals surface area contributed by atoms with Crippen LogP contribution in [-0.2, 0) is 26.2 Å². The Kier molecular flexibility index (Phi) is 21.6. The molecule has 41 heavy (non-hydrogen) atoms. The maximum absolute atomic E-state index is 3.22. The second-order valence-electron chi connectivity index (χ2n) is 9.96. The molecule has 0 fully saturated rings. The zero-order chi connectivity index (χ0) is 29.6. The second-order valence-corrected chi connectivity index (χ2v) is 9.96. The minimum absolute atomic E-state index is 0. The zero-order valence-corrected chi connectivity index (χ0v) is 28.5. The molecule has 0 saturated carbocycles. The number of hydrogen-bond donors (Lipinski definition) is 0. The molecule has 0 nitrogen and oxygen atoms in total. The molecule has 208 valence electrons. The summed E-state index contributed by atoms with van der Waals surface area (Å²) < 4.78 is 0. The van der Waals surface area contributed by atoms with Gasteiger partial charge in [0.1, 0.15) is 0 Å². The van der Waals surface area contributed by atoms with Gasteiger partial charge in [0.15, 0.2) is 0 Å². The van der Waals surface area contributed by atoms with Crippen LogP contribution in [0.5, 0.6) is 0 Å². The Morgan fingerprint density at radius 2 is 0.439 bits per heavy atom. The van der Waals surface area contributed by atoms with Crippen molar-refractivity contribution in [3.8, 4) is 0 Å². The Morgan fingerprint density at radius 1 is 0.293 bits per heavy atom. The monoisotopic (exact) mass is 614 g/mol. The smallest absolute Gasteiger partial charge is 0.193 e. The quantitative estimate of drug-likeness (QED) is 0.200. The molecule has 4 rings (SSSR count). The summed E-state index contributed by atoms with van der Waals surface area (Å²) in [6, 6.07) is 40.6. The molecular weight excluding hydrogens is 572 g/mol. The molecule has 0 aliphatic rings. The molecule has 0 atom stereocenters. The molecule has 0 unspecified atom stereocenters. The van der Waals surface area contributed by atoms with Crippen LogP contribution in [0.4, 0.5) is 0 Å². The van der Waals surface area contributed by atoms with Gasteiger partial charge in [-0.25, -0.2) is 0 Å². The van der Waals surface area contributed by atoms with Crippen LogP contribution in [0, 0.1) is 24.3 Å². The number of benzene rings is 4. The van der Waals surface area contributed by atoms with Crippen molar-refractivity contribution in [1.82, 2.24) is 0 Å². The van der Waals surface area contributed by atoms with Gasteiger partial charge in [0, 0.05) is 0 Å². The maximum atomic E-state index is 3.22. The van der Waals surface area contributed by atoms with Gasteiger partial charge in [-0.2, -0.15) is 95.1 Å². The van der Waals surface area contributed by atoms with Gasteiger partial charge in [0.05, 0.1) is 0 Å². The fraction of sp³-hybridized carbons (Fsp3) is 0.200. The van der Waals surface area contributed by atoms with E-state index >= 15 is 0 Å². The van der Waals surface area contributed by atoms with Gasteiger partial charge in [-0.1, -0.05) is 79.7 Å². The first-order valence-electron chi connectivity index (χ1n) is 13.6. The molecule has 0 aliphatic carbocycles. The molecule has 1 heteroatoms. The molecule has 0 bridgehead atoms. The Morgan fingerprint density at radius 3 is 0.561 bits per heavy atom. The van der Waals surface area contributed by atoms with Crippen LogP contribution < -0.4 is 0 Å². The van der Waals surface area contributed by atoms with Crippen LogP contribution in [-0.4, -0.2) is 0 Å². The molecule has 4 aromatic carbocycles. The molecule has 0 spiro atoms. The summed E-state index contributed by atoms with van der Waals surface area (Å²) in [6.07, 6.45) is 12.9. The number of hydrogen-bond acceptors (Lipinski definition) is 0. The van der Waals surface area contributed by atoms with Gasteiger partial charge < -0.3 is 0 Å². The largest absolute Gasteiger partial charge is 4.00 e. The fourth-order valence-corrected chi connectivity index (χ4v) is 3.24. The van der Waals surface area contributed by atoms with E-state index < -0.39 is 0 Å². The molecule has 0 amide bonds. The van der Waals surface area contributed by atoms with Crippen LogP contribution >= 0.6 is 0 Å². The first-order valence-corrected chi connectivity index (χ1v) is 13.6. The Labute approximate surface area is 270 Å². The normalized spacial score (nSPS) is 8.78. The molecular formula is C40H44Zr. The molecule has 0 aromatic heterocycles. The van der Waals surface area contributed by atoms with Gasteiger partial charge in [-0.15, -0.1) is 70.8 Å². The summed E-state index contributed by atoms with van der Waals surface area (Å²) in [5.41, 5.74) is 9.48. The first-order chi connectivity index (χ1) is 19.2. The molecule has 0 aliphatic heterocycles. The van der Waals surface area contributed by atoms with E-state index in [2.05, 4.69) is 24.3 Å². The summed E-state index contributed by atoms with van der Waals surface area (Å²) in [4.78, 5) is 0. The summed E-state index contributed by atoms with van der Waals surface area (Å²) in [6.45, 7) is 16.4. The zero-order valence-electron chi connectivity index (χ0n) is 26.0. The van der Waals surface area contributed by atoms with E-state index in [9.17, 15) is 0 Å². The molecule has 0 radical (unpaired) electrons. The van der Waals surface area contributed by atoms with Gasteiger partial charge in [-0.3, -0.25) is 0 Å². The van der Waals surface area contributed by atoms with Gasteiger partial charge in [0.2, 0.25) is 0 Å². The van der Waals surface area contributed by atoms with E-state index in [1.165, 1.54) is 22.3 Å². The van der Waals surface area contributed by atoms with Crippen molar-refractivity contribution in [2.45, 2.75) is 55.4 Å². The standard InChI is InChI=1S/4C10H11.Zr/c4*1-9(2)8-10-6-4-3-5-7-10;/h4*3-7H,1-2H3;/q4*-1;+4. The van der Waals surface area contributed by atoms with Crippen molar-refractivity contribution < 1.29 is 26.2 Å². The van der Waals surface area contributed by atoms with Crippen molar-refractivity contribution in [2.24, 2.45) is 0 Å². The predicted octanol–water partition coefficient (Wildman–Crippen LogP) is 11.2. The predicted molar refractivity (Wildman–Crippen MR) is 175 cm³/mol. The minimum Gasteiger partial charge on any atom is -0.193 e. The van der Waals surface area contributed by atoms with Crippen LogP contribution in [0.15, 0.2) is 144 Å². The summed E-state index contributed by atoms with van der Waals surface area (Å²) >= 11 is 0. The Balaban J connectivity index is 0.000000516. The van der Waals surface area contributed by atoms with E-state index in [4.69, 9.17) is 0 Å². The van der Waals surface area contributed by atoms with Crippen molar-refractivity contribution >= 4 is 0 Å². The van der Waals surface area contributed by atoms with E-state index in [-0.39, 0.29) is 26.2 Å². The van der Waals surface area contributed by atoms with Gasteiger partial charge in [0.25, 0.3) is 0 Å². The first kappa shape index (κ1) is 37.7. The number of allylic oxidation sites excluding steroid dienone is 4. The third-order valence-electron chi connectivity index (χ3n) is 4.67. The fourth-order valence-electron chi connectivity index (χ4n) is 3.24. The second kappa shape index (κ2) is 23.4. The minimum atomic E-state index is 0. The number of rotatable bonds is 4. The molecule has 0 heterocycles. The topological polar surface area (TPSA) is 0 Å². The van der Waals surface area contributed by atoms with Crippen LogP contribution in [0.1, 0.15) is 77.6 Å². The average molecular weight is 616 g/mol.